The number of rotatable bonds is 5. The summed E-state index contributed by atoms with van der Waals surface area (Å²) in [5.41, 5.74) is 2.22. The molecule has 0 saturated carbocycles. The average Bonchev–Trinajstić information content (AvgIpc) is 3.18. The van der Waals surface area contributed by atoms with Gasteiger partial charge in [-0.15, -0.1) is 11.3 Å². The Morgan fingerprint density at radius 1 is 1.15 bits per heavy atom. The van der Waals surface area contributed by atoms with E-state index < -0.39 is 0 Å². The highest BCUT2D eigenvalue weighted by Gasteiger charge is 2.20. The van der Waals surface area contributed by atoms with E-state index in [0.717, 1.165) is 68.5 Å². The van der Waals surface area contributed by atoms with Crippen LogP contribution in [0, 0.1) is 0 Å². The number of nitrogens with zero attached hydrogens (tertiary/aromatic N) is 2. The third-order valence-corrected chi connectivity index (χ3v) is 5.79. The zero-order valence-corrected chi connectivity index (χ0v) is 16.1. The van der Waals surface area contributed by atoms with Crippen molar-refractivity contribution >= 4 is 27.7 Å². The van der Waals surface area contributed by atoms with Gasteiger partial charge in [0.1, 0.15) is 5.75 Å². The van der Waals surface area contributed by atoms with Crippen LogP contribution in [-0.4, -0.2) is 51.0 Å². The summed E-state index contributed by atoms with van der Waals surface area (Å²) in [7, 11) is 2.18. The Balaban J connectivity index is 1.56. The minimum Gasteiger partial charge on any atom is -0.463 e. The van der Waals surface area contributed by atoms with E-state index in [4.69, 9.17) is 9.47 Å². The molecule has 1 unspecified atom stereocenters. The van der Waals surface area contributed by atoms with E-state index in [1.165, 1.54) is 5.69 Å². The Morgan fingerprint density at radius 2 is 2.04 bits per heavy atom. The number of benzene rings is 1. The van der Waals surface area contributed by atoms with Crippen molar-refractivity contribution in [3.63, 3.8) is 0 Å². The number of hydrogen-bond donors (Lipinski definition) is 1. The summed E-state index contributed by atoms with van der Waals surface area (Å²) in [6.45, 7) is 5.08. The number of nitrogens with one attached hydrogen (secondary N) is 1. The fourth-order valence-corrected chi connectivity index (χ4v) is 4.03. The first-order valence-corrected chi connectivity index (χ1v) is 10.3. The molecule has 0 aliphatic carbocycles. The van der Waals surface area contributed by atoms with Gasteiger partial charge in [-0.2, -0.15) is 0 Å². The van der Waals surface area contributed by atoms with E-state index in [0.29, 0.717) is 0 Å². The standard InChI is InChI=1S/C20H27N3O2S/c1-22-9-11-23(12-10-22)16-7-8-17(21-19-5-4-14-26-19)18(15-16)25-20-6-2-3-13-24-20/h4-5,7-8,14-15,20-21H,2-3,6,9-13H2,1H3. The molecule has 0 radical (unpaired) electrons. The van der Waals surface area contributed by atoms with Crippen molar-refractivity contribution in [2.75, 3.05) is 50.1 Å². The van der Waals surface area contributed by atoms with E-state index in [1.807, 2.05) is 0 Å². The first-order chi connectivity index (χ1) is 12.8. The van der Waals surface area contributed by atoms with Gasteiger partial charge in [0.25, 0.3) is 0 Å². The van der Waals surface area contributed by atoms with Gasteiger partial charge in [-0.05, 0) is 49.5 Å². The van der Waals surface area contributed by atoms with Crippen molar-refractivity contribution in [2.24, 2.45) is 0 Å². The summed E-state index contributed by atoms with van der Waals surface area (Å²) >= 11 is 1.69. The second-order valence-electron chi connectivity index (χ2n) is 6.99. The molecule has 2 fully saturated rings. The van der Waals surface area contributed by atoms with Crippen molar-refractivity contribution < 1.29 is 9.47 Å². The Labute approximate surface area is 159 Å². The SMILES string of the molecule is CN1CCN(c2ccc(Nc3cccs3)c(OC3CCCCO3)c2)CC1. The van der Waals surface area contributed by atoms with Crippen LogP contribution >= 0.6 is 11.3 Å². The molecule has 1 aromatic heterocycles. The molecule has 1 aromatic carbocycles. The molecule has 5 nitrogen and oxygen atoms in total. The van der Waals surface area contributed by atoms with Crippen molar-refractivity contribution in [1.82, 2.24) is 4.90 Å². The molecule has 4 rings (SSSR count). The zero-order valence-electron chi connectivity index (χ0n) is 15.3. The number of ether oxygens (including phenoxy) is 2. The highest BCUT2D eigenvalue weighted by atomic mass is 32.1. The molecule has 2 aliphatic heterocycles. The summed E-state index contributed by atoms with van der Waals surface area (Å²) in [5.74, 6) is 0.877. The van der Waals surface area contributed by atoms with Gasteiger partial charge in [0, 0.05) is 44.4 Å². The molecule has 2 aliphatic rings. The maximum atomic E-state index is 6.27. The molecule has 0 spiro atoms. The van der Waals surface area contributed by atoms with Crippen LogP contribution in [0.4, 0.5) is 16.4 Å². The predicted molar refractivity (Wildman–Crippen MR) is 108 cm³/mol. The van der Waals surface area contributed by atoms with Crippen molar-refractivity contribution in [2.45, 2.75) is 25.6 Å². The number of anilines is 3. The summed E-state index contributed by atoms with van der Waals surface area (Å²) in [6.07, 6.45) is 3.10. The molecular formula is C20H27N3O2S. The summed E-state index contributed by atoms with van der Waals surface area (Å²) in [4.78, 5) is 4.81. The zero-order chi connectivity index (χ0) is 17.8. The second kappa shape index (κ2) is 8.29. The minimum atomic E-state index is -0.143. The minimum absolute atomic E-state index is 0.143. The predicted octanol–water partition coefficient (Wildman–Crippen LogP) is 4.15. The third-order valence-electron chi connectivity index (χ3n) is 5.01. The van der Waals surface area contributed by atoms with Crippen LogP contribution in [0.15, 0.2) is 35.7 Å². The number of likely N-dealkylation sites (N-methyl/N-ethyl adjacent to an activating group) is 1. The Kier molecular flexibility index (Phi) is 5.62. The van der Waals surface area contributed by atoms with Gasteiger partial charge < -0.3 is 24.6 Å². The monoisotopic (exact) mass is 373 g/mol. The van der Waals surface area contributed by atoms with Gasteiger partial charge in [-0.1, -0.05) is 0 Å². The average molecular weight is 374 g/mol. The van der Waals surface area contributed by atoms with Gasteiger partial charge in [0.15, 0.2) is 6.29 Å². The maximum absolute atomic E-state index is 6.27. The van der Waals surface area contributed by atoms with Crippen LogP contribution in [0.25, 0.3) is 0 Å². The van der Waals surface area contributed by atoms with E-state index in [9.17, 15) is 0 Å². The summed E-state index contributed by atoms with van der Waals surface area (Å²) < 4.78 is 12.1. The normalized spacial score (nSPS) is 21.6. The Morgan fingerprint density at radius 3 is 2.77 bits per heavy atom. The lowest BCUT2D eigenvalue weighted by Gasteiger charge is -2.34. The molecule has 0 bridgehead atoms. The molecule has 26 heavy (non-hydrogen) atoms. The molecule has 6 heteroatoms. The van der Waals surface area contributed by atoms with Crippen LogP contribution in [0.1, 0.15) is 19.3 Å². The number of hydrogen-bond acceptors (Lipinski definition) is 6. The first-order valence-electron chi connectivity index (χ1n) is 9.44. The molecular weight excluding hydrogens is 346 g/mol. The lowest BCUT2D eigenvalue weighted by molar-refractivity contribution is -0.105. The van der Waals surface area contributed by atoms with Gasteiger partial charge in [-0.3, -0.25) is 0 Å². The molecule has 1 atom stereocenters. The van der Waals surface area contributed by atoms with E-state index in [-0.39, 0.29) is 6.29 Å². The van der Waals surface area contributed by atoms with Crippen LogP contribution in [0.3, 0.4) is 0 Å². The summed E-state index contributed by atoms with van der Waals surface area (Å²) in [5, 5.41) is 6.68. The fraction of sp³-hybridized carbons (Fsp3) is 0.500. The van der Waals surface area contributed by atoms with Crippen molar-refractivity contribution in [3.8, 4) is 5.75 Å². The molecule has 0 amide bonds. The Bertz CT molecular complexity index is 693. The molecule has 3 heterocycles. The largest absolute Gasteiger partial charge is 0.463 e. The van der Waals surface area contributed by atoms with E-state index in [1.54, 1.807) is 11.3 Å². The van der Waals surface area contributed by atoms with Crippen molar-refractivity contribution in [1.29, 1.82) is 0 Å². The van der Waals surface area contributed by atoms with E-state index in [2.05, 4.69) is 57.9 Å². The second-order valence-corrected chi connectivity index (χ2v) is 7.93. The third kappa shape index (κ3) is 4.31. The van der Waals surface area contributed by atoms with Gasteiger partial charge >= 0.3 is 0 Å². The van der Waals surface area contributed by atoms with Crippen molar-refractivity contribution in [3.05, 3.63) is 35.7 Å². The number of piperazine rings is 1. The first kappa shape index (κ1) is 17.6. The van der Waals surface area contributed by atoms with Crippen LogP contribution < -0.4 is 15.0 Å². The maximum Gasteiger partial charge on any atom is 0.199 e. The number of thiophene rings is 1. The fourth-order valence-electron chi connectivity index (χ4n) is 3.40. The van der Waals surface area contributed by atoms with Gasteiger partial charge in [0.05, 0.1) is 17.3 Å². The molecule has 2 saturated heterocycles. The molecule has 140 valence electrons. The lowest BCUT2D eigenvalue weighted by atomic mass is 10.2. The Hall–Kier alpha value is -1.76. The smallest absolute Gasteiger partial charge is 0.199 e. The van der Waals surface area contributed by atoms with Crippen LogP contribution in [0.5, 0.6) is 5.75 Å². The highest BCUT2D eigenvalue weighted by molar-refractivity contribution is 7.14. The summed E-state index contributed by atoms with van der Waals surface area (Å²) in [6, 6.07) is 10.6. The topological polar surface area (TPSA) is 37.0 Å². The van der Waals surface area contributed by atoms with Crippen LogP contribution in [0.2, 0.25) is 0 Å². The highest BCUT2D eigenvalue weighted by Crippen LogP contribution is 2.35. The molecule has 1 N–H and O–H groups in total. The quantitative estimate of drug-likeness (QED) is 0.852. The van der Waals surface area contributed by atoms with E-state index >= 15 is 0 Å². The lowest BCUT2D eigenvalue weighted by Crippen LogP contribution is -2.44. The van der Waals surface area contributed by atoms with Crippen LogP contribution in [-0.2, 0) is 4.74 Å². The molecule has 2 aromatic rings. The van der Waals surface area contributed by atoms with Gasteiger partial charge in [-0.25, -0.2) is 0 Å². The van der Waals surface area contributed by atoms with Gasteiger partial charge in [0.2, 0.25) is 0 Å².